The highest BCUT2D eigenvalue weighted by Gasteiger charge is 2.60. The number of ether oxygens (including phenoxy) is 6. The van der Waals surface area contributed by atoms with Crippen molar-refractivity contribution in [2.24, 2.45) is 0 Å². The molecule has 3 rings (SSSR count). The number of carbonyl (C=O) groups is 3. The van der Waals surface area contributed by atoms with E-state index in [-0.39, 0.29) is 12.3 Å². The summed E-state index contributed by atoms with van der Waals surface area (Å²) in [5.41, 5.74) is 0. The fraction of sp³-hybridized carbons (Fsp3) is 0.928. The van der Waals surface area contributed by atoms with Crippen LogP contribution >= 0.6 is 0 Å². The molecule has 0 aliphatic carbocycles. The topological polar surface area (TPSA) is 373 Å². The zero-order valence-electron chi connectivity index (χ0n) is 56.4. The van der Waals surface area contributed by atoms with Crippen LogP contribution in [0.2, 0.25) is 0 Å². The van der Waals surface area contributed by atoms with Crippen molar-refractivity contribution in [2.75, 3.05) is 26.4 Å². The van der Waals surface area contributed by atoms with E-state index in [1.807, 2.05) is 6.08 Å². The number of amides is 2. The molecule has 92 heavy (non-hydrogen) atoms. The quantitative estimate of drug-likeness (QED) is 0.0214. The molecule has 0 spiro atoms. The number of carbonyl (C=O) groups excluding carboxylic acids is 2. The van der Waals surface area contributed by atoms with Crippen LogP contribution in [-0.4, -0.2) is 215 Å². The lowest BCUT2D eigenvalue weighted by atomic mass is 9.88. The lowest BCUT2D eigenvalue weighted by molar-refractivity contribution is -0.386. The van der Waals surface area contributed by atoms with Gasteiger partial charge in [0.05, 0.1) is 50.7 Å². The molecule has 18 atom stereocenters. The molecule has 3 aliphatic heterocycles. The van der Waals surface area contributed by atoms with Gasteiger partial charge in [0.15, 0.2) is 12.6 Å². The summed E-state index contributed by atoms with van der Waals surface area (Å²) in [4.78, 5) is 38.5. The Morgan fingerprint density at radius 1 is 0.565 bits per heavy atom. The standard InChI is InChI=1S/C69H128N2O21/c1-4-6-8-10-12-14-15-16-17-18-19-20-21-22-23-24-25-26-27-28-29-30-31-32-33-35-37-39-41-43-56(79)71-50(51(76)42-40-38-36-34-13-11-9-7-5-2)48-87-66-61(83)60(82)63(55(47-74)89-66)90-67-62(84)65(59(81)54(46-73)88-67)92-69(68(85)86)44-52(77)57(70-49(3)75)64(91-69)58(80)53(78)45-72/h40,42,50-55,57-67,72-74,76-78,80-84H,4-39,41,43-48H2,1-3H3,(H,70,75)(H,71,79)(H,85,86)/b42-40+. The van der Waals surface area contributed by atoms with Crippen molar-refractivity contribution in [3.63, 3.8) is 0 Å². The van der Waals surface area contributed by atoms with Crippen molar-refractivity contribution in [3.05, 3.63) is 12.2 Å². The van der Waals surface area contributed by atoms with Gasteiger partial charge in [0.1, 0.15) is 67.1 Å². The molecule has 0 radical (unpaired) electrons. The molecule has 23 nitrogen and oxygen atoms in total. The van der Waals surface area contributed by atoms with E-state index >= 15 is 0 Å². The van der Waals surface area contributed by atoms with E-state index in [2.05, 4.69) is 24.5 Å². The number of allylic oxidation sites excluding steroid dienone is 1. The third kappa shape index (κ3) is 31.8. The maximum Gasteiger partial charge on any atom is 0.364 e. The van der Waals surface area contributed by atoms with Crippen LogP contribution in [0.15, 0.2) is 12.2 Å². The van der Waals surface area contributed by atoms with Gasteiger partial charge in [-0.3, -0.25) is 9.59 Å². The van der Waals surface area contributed by atoms with Gasteiger partial charge in [0.25, 0.3) is 5.79 Å². The summed E-state index contributed by atoms with van der Waals surface area (Å²) >= 11 is 0. The number of aliphatic hydroxyl groups excluding tert-OH is 11. The van der Waals surface area contributed by atoms with E-state index < -0.39 is 155 Å². The van der Waals surface area contributed by atoms with Crippen LogP contribution < -0.4 is 10.6 Å². The van der Waals surface area contributed by atoms with Gasteiger partial charge in [0.2, 0.25) is 11.8 Å². The van der Waals surface area contributed by atoms with Gasteiger partial charge in [-0.2, -0.15) is 0 Å². The molecule has 540 valence electrons. The second-order valence-corrected chi connectivity index (χ2v) is 26.5. The summed E-state index contributed by atoms with van der Waals surface area (Å²) in [6.07, 6.45) is 20.3. The Bertz CT molecular complexity index is 1910. The monoisotopic (exact) mass is 1320 g/mol. The summed E-state index contributed by atoms with van der Waals surface area (Å²) in [6, 6.07) is -2.61. The zero-order chi connectivity index (χ0) is 67.5. The third-order valence-electron chi connectivity index (χ3n) is 18.5. The van der Waals surface area contributed by atoms with E-state index in [4.69, 9.17) is 28.4 Å². The minimum Gasteiger partial charge on any atom is -0.477 e. The maximum absolute atomic E-state index is 13.4. The fourth-order valence-electron chi connectivity index (χ4n) is 12.7. The van der Waals surface area contributed by atoms with Gasteiger partial charge in [0, 0.05) is 19.8 Å². The molecule has 3 aliphatic rings. The second kappa shape index (κ2) is 49.9. The van der Waals surface area contributed by atoms with E-state index in [1.165, 1.54) is 167 Å². The first kappa shape index (κ1) is 83.7. The predicted octanol–water partition coefficient (Wildman–Crippen LogP) is 7.07. The van der Waals surface area contributed by atoms with Crippen LogP contribution in [0.5, 0.6) is 0 Å². The van der Waals surface area contributed by atoms with Gasteiger partial charge < -0.3 is 100 Å². The van der Waals surface area contributed by atoms with Crippen molar-refractivity contribution in [2.45, 2.75) is 381 Å². The Labute approximate surface area is 550 Å². The fourth-order valence-corrected chi connectivity index (χ4v) is 12.7. The minimum absolute atomic E-state index is 0.205. The van der Waals surface area contributed by atoms with Crippen LogP contribution in [0, 0.1) is 0 Å². The van der Waals surface area contributed by atoms with Crippen molar-refractivity contribution in [1.29, 1.82) is 0 Å². The zero-order valence-corrected chi connectivity index (χ0v) is 56.4. The number of hydrogen-bond donors (Lipinski definition) is 14. The molecule has 3 fully saturated rings. The van der Waals surface area contributed by atoms with Crippen LogP contribution in [0.25, 0.3) is 0 Å². The summed E-state index contributed by atoms with van der Waals surface area (Å²) in [6.45, 7) is 2.11. The number of aliphatic carboxylic acids is 1. The summed E-state index contributed by atoms with van der Waals surface area (Å²) < 4.78 is 34.7. The molecule has 2 amide bonds. The molecule has 18 unspecified atom stereocenters. The van der Waals surface area contributed by atoms with Gasteiger partial charge >= 0.3 is 5.97 Å². The molecule has 0 aromatic carbocycles. The number of hydrogen-bond acceptors (Lipinski definition) is 20. The summed E-state index contributed by atoms with van der Waals surface area (Å²) in [7, 11) is 0. The van der Waals surface area contributed by atoms with Crippen LogP contribution in [0.1, 0.15) is 271 Å². The summed E-state index contributed by atoms with van der Waals surface area (Å²) in [5.74, 6) is -6.14. The highest BCUT2D eigenvalue weighted by atomic mass is 16.8. The number of carboxylic acid groups (broad SMARTS) is 1. The van der Waals surface area contributed by atoms with E-state index in [1.54, 1.807) is 6.08 Å². The lowest BCUT2D eigenvalue weighted by Crippen LogP contribution is -2.70. The molecular weight excluding hydrogens is 1190 g/mol. The minimum atomic E-state index is -3.08. The van der Waals surface area contributed by atoms with Crippen LogP contribution in [0.4, 0.5) is 0 Å². The Morgan fingerprint density at radius 2 is 1.01 bits per heavy atom. The second-order valence-electron chi connectivity index (χ2n) is 26.5. The van der Waals surface area contributed by atoms with Gasteiger partial charge in [-0.25, -0.2) is 4.79 Å². The van der Waals surface area contributed by atoms with E-state index in [9.17, 15) is 75.7 Å². The maximum atomic E-state index is 13.4. The highest BCUT2D eigenvalue weighted by Crippen LogP contribution is 2.39. The molecule has 0 aromatic heterocycles. The number of nitrogens with one attached hydrogen (secondary N) is 2. The SMILES string of the molecule is CCCCCCCCC/C=C/C(O)C(COC1OC(CO)C(OC2OC(CO)C(O)C(OC3(C(=O)O)CC(O)C(NC(C)=O)C(C(O)C(O)CO)O3)C2O)C(O)C1O)NC(=O)CCCCCCCCCCCCCCCCCCCCCCCCCCCCCCC. The molecule has 3 saturated heterocycles. The molecule has 0 aromatic rings. The van der Waals surface area contributed by atoms with E-state index in [0.717, 1.165) is 64.7 Å². The molecular formula is C69H128N2O21. The lowest BCUT2D eigenvalue weighted by Gasteiger charge is -2.50. The Balaban J connectivity index is 1.47. The Morgan fingerprint density at radius 3 is 1.45 bits per heavy atom. The van der Waals surface area contributed by atoms with Crippen molar-refractivity contribution < 1.29 is 104 Å². The van der Waals surface area contributed by atoms with Gasteiger partial charge in [-0.1, -0.05) is 244 Å². The number of aliphatic hydroxyl groups is 11. The summed E-state index contributed by atoms with van der Waals surface area (Å²) in [5, 5.41) is 136. The number of carboxylic acids is 1. The van der Waals surface area contributed by atoms with Crippen molar-refractivity contribution in [1.82, 2.24) is 10.6 Å². The molecule has 0 bridgehead atoms. The van der Waals surface area contributed by atoms with E-state index in [0.29, 0.717) is 12.8 Å². The predicted molar refractivity (Wildman–Crippen MR) is 348 cm³/mol. The first-order valence-corrected chi connectivity index (χ1v) is 36.1. The van der Waals surface area contributed by atoms with Crippen LogP contribution in [-0.2, 0) is 42.8 Å². The molecule has 23 heteroatoms. The smallest absolute Gasteiger partial charge is 0.364 e. The van der Waals surface area contributed by atoms with Crippen molar-refractivity contribution in [3.8, 4) is 0 Å². The first-order chi connectivity index (χ1) is 44.4. The van der Waals surface area contributed by atoms with Gasteiger partial charge in [-0.05, 0) is 19.3 Å². The number of rotatable bonds is 55. The molecule has 14 N–H and O–H groups in total. The first-order valence-electron chi connectivity index (χ1n) is 36.1. The normalized spacial score (nSPS) is 28.3. The largest absolute Gasteiger partial charge is 0.477 e. The average Bonchev–Trinajstić information content (AvgIpc) is 0.762. The highest BCUT2D eigenvalue weighted by molar-refractivity contribution is 5.77. The van der Waals surface area contributed by atoms with Gasteiger partial charge in [-0.15, -0.1) is 0 Å². The van der Waals surface area contributed by atoms with Crippen LogP contribution in [0.3, 0.4) is 0 Å². The molecule has 0 saturated carbocycles. The number of unbranched alkanes of at least 4 members (excludes halogenated alkanes) is 35. The molecule has 3 heterocycles. The third-order valence-corrected chi connectivity index (χ3v) is 18.5. The van der Waals surface area contributed by atoms with Crippen molar-refractivity contribution >= 4 is 17.8 Å². The Kier molecular flexibility index (Phi) is 45.4. The Hall–Kier alpha value is -2.53. The average molecular weight is 1320 g/mol.